The minimum atomic E-state index is 0.667. The van der Waals surface area contributed by atoms with Crippen molar-refractivity contribution >= 4 is 82.0 Å². The fraction of sp³-hybridized carbons (Fsp3) is 0. The van der Waals surface area contributed by atoms with Crippen molar-refractivity contribution in [3.05, 3.63) is 158 Å². The third kappa shape index (κ3) is 3.54. The van der Waals surface area contributed by atoms with Crippen molar-refractivity contribution in [2.45, 2.75) is 0 Å². The van der Waals surface area contributed by atoms with Crippen LogP contribution >= 0.6 is 0 Å². The number of fused-ring (bicyclic) bond motifs is 13. The highest BCUT2D eigenvalue weighted by atomic mass is 16.3. The van der Waals surface area contributed by atoms with Gasteiger partial charge < -0.3 is 13.4 Å². The lowest BCUT2D eigenvalue weighted by molar-refractivity contribution is 0.667. The fourth-order valence-electron chi connectivity index (χ4n) is 8.50. The third-order valence-corrected chi connectivity index (χ3v) is 10.7. The van der Waals surface area contributed by atoms with E-state index >= 15 is 0 Å². The van der Waals surface area contributed by atoms with Crippen molar-refractivity contribution in [1.82, 2.24) is 18.9 Å². The smallest absolute Gasteiger partial charge is 0.180 e. The summed E-state index contributed by atoms with van der Waals surface area (Å²) in [5.41, 5.74) is 12.3. The Morgan fingerprint density at radius 3 is 1.84 bits per heavy atom. The highest BCUT2D eigenvalue weighted by molar-refractivity contribution is 6.34. The molecule has 12 aromatic rings. The zero-order valence-corrected chi connectivity index (χ0v) is 27.2. The first-order chi connectivity index (χ1) is 25.3. The minimum absolute atomic E-state index is 0.667. The molecule has 0 saturated heterocycles. The molecule has 0 radical (unpaired) electrons. The van der Waals surface area contributed by atoms with Crippen molar-refractivity contribution in [1.29, 1.82) is 0 Å². The Kier molecular flexibility index (Phi) is 5.17. The second-order valence-electron chi connectivity index (χ2n) is 13.4. The number of nitrogens with zero attached hydrogens (tertiary/aromatic N) is 4. The Bertz CT molecular complexity index is 3350. The molecule has 0 aliphatic rings. The summed E-state index contributed by atoms with van der Waals surface area (Å²) in [6.07, 6.45) is 0. The lowest BCUT2D eigenvalue weighted by atomic mass is 10.0. The van der Waals surface area contributed by atoms with Crippen molar-refractivity contribution in [3.8, 4) is 28.3 Å². The van der Waals surface area contributed by atoms with Gasteiger partial charge in [-0.1, -0.05) is 97.1 Å². The molecule has 236 valence electrons. The lowest BCUT2D eigenvalue weighted by Gasteiger charge is -2.11. The lowest BCUT2D eigenvalue weighted by Crippen LogP contribution is -1.96. The van der Waals surface area contributed by atoms with Gasteiger partial charge in [0.1, 0.15) is 16.8 Å². The standard InChI is InChI=1S/C46H26N4O/c1-2-12-27(13-3-1)41-45-42(33-17-7-11-21-39(33)51-45)48-46(47-41)28-22-24-29(25-23-28)49-36-18-8-4-14-30(36)34-26-35-31-15-5-9-19-37(31)50-38-20-10-6-16-32(38)40(43(34)49)44(35)50/h1-26H. The van der Waals surface area contributed by atoms with Gasteiger partial charge in [-0.25, -0.2) is 9.97 Å². The van der Waals surface area contributed by atoms with Crippen LogP contribution in [0, 0.1) is 0 Å². The molecule has 0 spiro atoms. The summed E-state index contributed by atoms with van der Waals surface area (Å²) >= 11 is 0. The summed E-state index contributed by atoms with van der Waals surface area (Å²) < 4.78 is 11.2. The highest BCUT2D eigenvalue weighted by Crippen LogP contribution is 2.46. The topological polar surface area (TPSA) is 48.3 Å². The molecule has 0 atom stereocenters. The van der Waals surface area contributed by atoms with Crippen LogP contribution in [-0.2, 0) is 0 Å². The van der Waals surface area contributed by atoms with Gasteiger partial charge in [-0.05, 0) is 60.7 Å². The van der Waals surface area contributed by atoms with E-state index in [1.807, 2.05) is 36.4 Å². The summed E-state index contributed by atoms with van der Waals surface area (Å²) in [6.45, 7) is 0. The number of furan rings is 1. The zero-order chi connectivity index (χ0) is 33.2. The fourth-order valence-corrected chi connectivity index (χ4v) is 8.50. The van der Waals surface area contributed by atoms with E-state index in [1.165, 1.54) is 59.9 Å². The van der Waals surface area contributed by atoms with Crippen LogP contribution in [0.3, 0.4) is 0 Å². The zero-order valence-electron chi connectivity index (χ0n) is 27.2. The largest absolute Gasteiger partial charge is 0.452 e. The van der Waals surface area contributed by atoms with E-state index in [9.17, 15) is 0 Å². The molecule has 12 rings (SSSR count). The molecule has 7 aromatic carbocycles. The summed E-state index contributed by atoms with van der Waals surface area (Å²) in [5, 5.41) is 8.59. The second kappa shape index (κ2) is 9.80. The molecule has 0 saturated carbocycles. The summed E-state index contributed by atoms with van der Waals surface area (Å²) in [5.74, 6) is 0.667. The van der Waals surface area contributed by atoms with Gasteiger partial charge in [0.2, 0.25) is 0 Å². The van der Waals surface area contributed by atoms with Crippen molar-refractivity contribution in [2.75, 3.05) is 0 Å². The van der Waals surface area contributed by atoms with Gasteiger partial charge in [0.15, 0.2) is 11.4 Å². The van der Waals surface area contributed by atoms with E-state index in [2.05, 4.69) is 130 Å². The molecule has 0 fully saturated rings. The molecular weight excluding hydrogens is 625 g/mol. The van der Waals surface area contributed by atoms with Gasteiger partial charge in [-0.2, -0.15) is 0 Å². The number of hydrogen-bond acceptors (Lipinski definition) is 3. The Hall–Kier alpha value is -6.98. The van der Waals surface area contributed by atoms with Gasteiger partial charge in [0.25, 0.3) is 0 Å². The Balaban J connectivity index is 1.13. The normalized spacial score (nSPS) is 12.3. The molecule has 5 nitrogen and oxygen atoms in total. The predicted octanol–water partition coefficient (Wildman–Crippen LogP) is 12.0. The molecule has 0 bridgehead atoms. The maximum Gasteiger partial charge on any atom is 0.180 e. The SMILES string of the molecule is c1ccc(-c2nc(-c3ccc(-n4c5ccccc5c5cc6c7ccccc7n7c8ccccc8c(c54)c67)cc3)nc3c2oc2ccccc23)cc1. The monoisotopic (exact) mass is 650 g/mol. The van der Waals surface area contributed by atoms with E-state index in [4.69, 9.17) is 14.4 Å². The first-order valence-corrected chi connectivity index (χ1v) is 17.3. The van der Waals surface area contributed by atoms with Crippen molar-refractivity contribution in [3.63, 3.8) is 0 Å². The maximum absolute atomic E-state index is 6.35. The van der Waals surface area contributed by atoms with E-state index in [-0.39, 0.29) is 0 Å². The van der Waals surface area contributed by atoms with Gasteiger partial charge >= 0.3 is 0 Å². The second-order valence-corrected chi connectivity index (χ2v) is 13.4. The average molecular weight is 651 g/mol. The molecule has 0 unspecified atom stereocenters. The van der Waals surface area contributed by atoms with Crippen LogP contribution in [0.25, 0.3) is 110 Å². The van der Waals surface area contributed by atoms with Crippen LogP contribution in [-0.4, -0.2) is 18.9 Å². The Labute approximate surface area is 290 Å². The van der Waals surface area contributed by atoms with Crippen LogP contribution in [0.5, 0.6) is 0 Å². The van der Waals surface area contributed by atoms with Gasteiger partial charge in [0.05, 0.1) is 27.6 Å². The number of benzene rings is 7. The summed E-state index contributed by atoms with van der Waals surface area (Å²) in [4.78, 5) is 10.2. The molecule has 51 heavy (non-hydrogen) atoms. The van der Waals surface area contributed by atoms with E-state index in [0.29, 0.717) is 11.4 Å². The average Bonchev–Trinajstić information content (AvgIpc) is 3.93. The van der Waals surface area contributed by atoms with E-state index in [0.717, 1.165) is 39.0 Å². The van der Waals surface area contributed by atoms with Gasteiger partial charge in [-0.15, -0.1) is 0 Å². The number of para-hydroxylation sites is 4. The predicted molar refractivity (Wildman–Crippen MR) is 209 cm³/mol. The van der Waals surface area contributed by atoms with Crippen LogP contribution in [0.2, 0.25) is 0 Å². The third-order valence-electron chi connectivity index (χ3n) is 10.7. The van der Waals surface area contributed by atoms with Crippen LogP contribution in [0.4, 0.5) is 0 Å². The molecule has 0 aliphatic carbocycles. The van der Waals surface area contributed by atoms with Crippen molar-refractivity contribution in [2.24, 2.45) is 0 Å². The van der Waals surface area contributed by atoms with Gasteiger partial charge in [-0.3, -0.25) is 0 Å². The first kappa shape index (κ1) is 26.9. The number of aromatic nitrogens is 4. The molecule has 0 N–H and O–H groups in total. The minimum Gasteiger partial charge on any atom is -0.452 e. The van der Waals surface area contributed by atoms with Crippen LogP contribution in [0.15, 0.2) is 162 Å². The molecular formula is C46H26N4O. The quantitative estimate of drug-likeness (QED) is 0.191. The Morgan fingerprint density at radius 1 is 0.451 bits per heavy atom. The summed E-state index contributed by atoms with van der Waals surface area (Å²) in [6, 6.07) is 55.8. The number of hydrogen-bond donors (Lipinski definition) is 0. The van der Waals surface area contributed by atoms with Crippen LogP contribution in [0.1, 0.15) is 0 Å². The first-order valence-electron chi connectivity index (χ1n) is 17.3. The van der Waals surface area contributed by atoms with E-state index < -0.39 is 0 Å². The summed E-state index contributed by atoms with van der Waals surface area (Å²) in [7, 11) is 0. The van der Waals surface area contributed by atoms with Crippen LogP contribution < -0.4 is 0 Å². The molecule has 5 heterocycles. The van der Waals surface area contributed by atoms with Crippen molar-refractivity contribution < 1.29 is 4.42 Å². The Morgan fingerprint density at radius 2 is 1.06 bits per heavy atom. The molecule has 5 heteroatoms. The molecule has 0 aliphatic heterocycles. The molecule has 5 aromatic heterocycles. The highest BCUT2D eigenvalue weighted by Gasteiger charge is 2.24. The number of rotatable bonds is 3. The van der Waals surface area contributed by atoms with E-state index in [1.54, 1.807) is 0 Å². The maximum atomic E-state index is 6.35. The van der Waals surface area contributed by atoms with Gasteiger partial charge in [0, 0.05) is 54.5 Å². The molecule has 0 amide bonds.